The fraction of sp³-hybridized carbons (Fsp3) is 0.244. The average molecular weight is 645 g/mol. The van der Waals surface area contributed by atoms with Crippen molar-refractivity contribution >= 4 is 5.97 Å². The van der Waals surface area contributed by atoms with Crippen LogP contribution in [0.15, 0.2) is 152 Å². The van der Waals surface area contributed by atoms with E-state index in [1.54, 1.807) is 0 Å². The lowest BCUT2D eigenvalue weighted by Gasteiger charge is -2.45. The minimum Gasteiger partial charge on any atom is -0.454 e. The molecule has 5 aromatic rings. The van der Waals surface area contributed by atoms with E-state index in [-0.39, 0.29) is 19.8 Å². The van der Waals surface area contributed by atoms with Gasteiger partial charge in [0.05, 0.1) is 19.8 Å². The third-order valence-corrected chi connectivity index (χ3v) is 8.49. The van der Waals surface area contributed by atoms with E-state index in [1.165, 1.54) is 6.92 Å². The highest BCUT2D eigenvalue weighted by Gasteiger charge is 2.50. The lowest BCUT2D eigenvalue weighted by molar-refractivity contribution is -0.311. The monoisotopic (exact) mass is 644 g/mol. The van der Waals surface area contributed by atoms with Crippen LogP contribution in [0, 0.1) is 0 Å². The molecule has 0 radical (unpaired) electrons. The van der Waals surface area contributed by atoms with Crippen molar-refractivity contribution in [1.29, 1.82) is 0 Å². The number of hydrogen-bond donors (Lipinski definition) is 1. The van der Waals surface area contributed by atoms with Gasteiger partial charge in [0.1, 0.15) is 23.9 Å². The second kappa shape index (κ2) is 16.0. The Morgan fingerprint density at radius 1 is 0.604 bits per heavy atom. The Morgan fingerprint density at radius 2 is 1.00 bits per heavy atom. The number of benzene rings is 5. The fourth-order valence-corrected chi connectivity index (χ4v) is 6.25. The smallest absolute Gasteiger partial charge is 0.303 e. The number of carbonyl (C=O) groups is 1. The summed E-state index contributed by atoms with van der Waals surface area (Å²) in [7, 11) is 0. The summed E-state index contributed by atoms with van der Waals surface area (Å²) in [5, 5.41) is 11.3. The van der Waals surface area contributed by atoms with Crippen LogP contribution in [0.25, 0.3) is 0 Å². The van der Waals surface area contributed by atoms with E-state index in [9.17, 15) is 9.90 Å². The van der Waals surface area contributed by atoms with Crippen molar-refractivity contribution in [3.05, 3.63) is 179 Å². The van der Waals surface area contributed by atoms with E-state index in [2.05, 4.69) is 0 Å². The van der Waals surface area contributed by atoms with Gasteiger partial charge in [0.15, 0.2) is 12.4 Å². The van der Waals surface area contributed by atoms with Gasteiger partial charge in [-0.05, 0) is 27.8 Å². The van der Waals surface area contributed by atoms with Crippen LogP contribution in [-0.2, 0) is 47.3 Å². The summed E-state index contributed by atoms with van der Waals surface area (Å²) < 4.78 is 32.0. The molecule has 5 atom stereocenters. The molecule has 1 aliphatic rings. The molecule has 7 heteroatoms. The normalized spacial score (nSPS) is 21.0. The van der Waals surface area contributed by atoms with Gasteiger partial charge in [0.2, 0.25) is 0 Å². The molecule has 0 unspecified atom stereocenters. The Hall–Kier alpha value is -4.63. The molecule has 7 nitrogen and oxygen atoms in total. The summed E-state index contributed by atoms with van der Waals surface area (Å²) in [5.41, 5.74) is 3.61. The molecule has 0 aliphatic carbocycles. The van der Waals surface area contributed by atoms with Crippen LogP contribution in [0.2, 0.25) is 0 Å². The van der Waals surface area contributed by atoms with Gasteiger partial charge in [-0.2, -0.15) is 0 Å². The first-order chi connectivity index (χ1) is 23.5. The van der Waals surface area contributed by atoms with Crippen molar-refractivity contribution in [2.45, 2.75) is 56.4 Å². The summed E-state index contributed by atoms with van der Waals surface area (Å²) in [6, 6.07) is 49.6. The van der Waals surface area contributed by atoms with Gasteiger partial charge in [-0.1, -0.05) is 152 Å². The van der Waals surface area contributed by atoms with Gasteiger partial charge < -0.3 is 28.8 Å². The summed E-state index contributed by atoms with van der Waals surface area (Å²) >= 11 is 0. The van der Waals surface area contributed by atoms with E-state index in [0.717, 1.165) is 27.8 Å². The van der Waals surface area contributed by atoms with Gasteiger partial charge in [0, 0.05) is 6.92 Å². The number of ether oxygens (including phenoxy) is 5. The zero-order chi connectivity index (χ0) is 33.2. The van der Waals surface area contributed by atoms with Crippen LogP contribution >= 0.6 is 0 Å². The first-order valence-electron chi connectivity index (χ1n) is 16.2. The van der Waals surface area contributed by atoms with Gasteiger partial charge in [-0.3, -0.25) is 4.79 Å². The Bertz CT molecular complexity index is 1590. The first kappa shape index (κ1) is 33.3. The molecule has 5 aromatic carbocycles. The second-order valence-corrected chi connectivity index (χ2v) is 11.8. The Balaban J connectivity index is 1.39. The molecule has 6 rings (SSSR count). The van der Waals surface area contributed by atoms with Crippen LogP contribution in [0.3, 0.4) is 0 Å². The van der Waals surface area contributed by atoms with Gasteiger partial charge in [-0.25, -0.2) is 0 Å². The quantitative estimate of drug-likeness (QED) is 0.111. The lowest BCUT2D eigenvalue weighted by atomic mass is 9.80. The molecule has 0 aromatic heterocycles. The standard InChI is InChI=1S/C41H40O7/c1-30(42)47-39-38(45-28-32-19-9-3-10-20-32)37(44-27-31-17-7-2-8-18-31)36(48-40(39)43)29-46-41(33-21-11-4-12-22-33,34-23-13-5-14-24-34)35-25-15-6-16-26-35/h2-26,36-40,43H,27-29H2,1H3/t36-,37-,38+,39-,40-/m1/s1. The Morgan fingerprint density at radius 3 is 1.42 bits per heavy atom. The number of esters is 1. The second-order valence-electron chi connectivity index (χ2n) is 11.8. The minimum absolute atomic E-state index is 0.00713. The molecular weight excluding hydrogens is 604 g/mol. The van der Waals surface area contributed by atoms with Crippen LogP contribution < -0.4 is 0 Å². The van der Waals surface area contributed by atoms with E-state index in [4.69, 9.17) is 23.7 Å². The summed E-state index contributed by atoms with van der Waals surface area (Å²) in [6.45, 7) is 1.74. The van der Waals surface area contributed by atoms with Gasteiger partial charge in [-0.15, -0.1) is 0 Å². The van der Waals surface area contributed by atoms with Crippen molar-refractivity contribution < 1.29 is 33.6 Å². The van der Waals surface area contributed by atoms with Crippen LogP contribution in [0.5, 0.6) is 0 Å². The SMILES string of the molecule is CC(=O)O[C@@H]1[C@@H](OCc2ccccc2)[C@H](OCc2ccccc2)[C@@H](COC(c2ccccc2)(c2ccccc2)c2ccccc2)O[C@H]1O. The molecule has 1 aliphatic heterocycles. The number of hydrogen-bond acceptors (Lipinski definition) is 7. The highest BCUT2D eigenvalue weighted by molar-refractivity contribution is 5.66. The van der Waals surface area contributed by atoms with E-state index in [1.807, 2.05) is 152 Å². The average Bonchev–Trinajstić information content (AvgIpc) is 3.14. The zero-order valence-electron chi connectivity index (χ0n) is 26.8. The van der Waals surface area contributed by atoms with Crippen LogP contribution in [0.4, 0.5) is 0 Å². The molecular formula is C41H40O7. The third kappa shape index (κ3) is 7.73. The van der Waals surface area contributed by atoms with Gasteiger partial charge in [0.25, 0.3) is 0 Å². The molecule has 0 saturated carbocycles. The van der Waals surface area contributed by atoms with Crippen LogP contribution in [0.1, 0.15) is 34.7 Å². The Kier molecular flexibility index (Phi) is 11.1. The molecule has 1 heterocycles. The maximum absolute atomic E-state index is 12.3. The van der Waals surface area contributed by atoms with Crippen molar-refractivity contribution in [2.24, 2.45) is 0 Å². The number of carbonyl (C=O) groups excluding carboxylic acids is 1. The highest BCUT2D eigenvalue weighted by Crippen LogP contribution is 2.41. The number of aliphatic hydroxyl groups excluding tert-OH is 1. The predicted molar refractivity (Wildman–Crippen MR) is 182 cm³/mol. The molecule has 1 saturated heterocycles. The van der Waals surface area contributed by atoms with Crippen molar-refractivity contribution in [3.63, 3.8) is 0 Å². The minimum atomic E-state index is -1.49. The summed E-state index contributed by atoms with van der Waals surface area (Å²) in [6.07, 6.45) is -5.10. The van der Waals surface area contributed by atoms with E-state index < -0.39 is 42.3 Å². The topological polar surface area (TPSA) is 83.5 Å². The van der Waals surface area contributed by atoms with E-state index >= 15 is 0 Å². The molecule has 0 amide bonds. The lowest BCUT2D eigenvalue weighted by Crippen LogP contribution is -2.61. The summed E-state index contributed by atoms with van der Waals surface area (Å²) in [4.78, 5) is 12.3. The van der Waals surface area contributed by atoms with E-state index in [0.29, 0.717) is 0 Å². The van der Waals surface area contributed by atoms with Gasteiger partial charge >= 0.3 is 5.97 Å². The van der Waals surface area contributed by atoms with Crippen LogP contribution in [-0.4, -0.2) is 48.4 Å². The van der Waals surface area contributed by atoms with Crippen molar-refractivity contribution in [2.75, 3.05) is 6.61 Å². The fourth-order valence-electron chi connectivity index (χ4n) is 6.25. The molecule has 246 valence electrons. The largest absolute Gasteiger partial charge is 0.454 e. The van der Waals surface area contributed by atoms with Crippen molar-refractivity contribution in [3.8, 4) is 0 Å². The third-order valence-electron chi connectivity index (χ3n) is 8.49. The molecule has 0 bridgehead atoms. The summed E-state index contributed by atoms with van der Waals surface area (Å²) in [5.74, 6) is -0.566. The number of aliphatic hydroxyl groups is 1. The Labute approximate surface area is 281 Å². The molecule has 1 fully saturated rings. The van der Waals surface area contributed by atoms with Crippen molar-refractivity contribution in [1.82, 2.24) is 0 Å². The maximum Gasteiger partial charge on any atom is 0.303 e. The predicted octanol–water partition coefficient (Wildman–Crippen LogP) is 6.81. The highest BCUT2D eigenvalue weighted by atomic mass is 16.7. The molecule has 0 spiro atoms. The molecule has 1 N–H and O–H groups in total. The maximum atomic E-state index is 12.3. The molecule has 48 heavy (non-hydrogen) atoms. The first-order valence-corrected chi connectivity index (χ1v) is 16.2. The zero-order valence-corrected chi connectivity index (χ0v) is 26.8. The number of rotatable bonds is 13.